The summed E-state index contributed by atoms with van der Waals surface area (Å²) in [7, 11) is 1.35. The second-order valence-electron chi connectivity index (χ2n) is 4.86. The maximum atomic E-state index is 11.3. The first kappa shape index (κ1) is 18.4. The number of carbonyl (C=O) groups is 1. The van der Waals surface area contributed by atoms with Crippen LogP contribution in [0.4, 0.5) is 0 Å². The summed E-state index contributed by atoms with van der Waals surface area (Å²) in [4.78, 5) is 11.3. The number of hydrogen-bond donors (Lipinski definition) is 0. The molecule has 8 heteroatoms. The predicted molar refractivity (Wildman–Crippen MR) is 93.5 cm³/mol. The van der Waals surface area contributed by atoms with Gasteiger partial charge in [-0.3, -0.25) is 9.36 Å². The highest BCUT2D eigenvalue weighted by Gasteiger charge is 2.14. The Balaban J connectivity index is 2.10. The molecule has 0 aliphatic carbocycles. The molecule has 1 heterocycles. The Hall–Kier alpha value is -1.99. The molecule has 6 nitrogen and oxygen atoms in total. The van der Waals surface area contributed by atoms with Gasteiger partial charge in [0.25, 0.3) is 0 Å². The lowest BCUT2D eigenvalue weighted by Gasteiger charge is -2.10. The number of nitrogens with zero attached hydrogens (tertiary/aromatic N) is 3. The van der Waals surface area contributed by atoms with Crippen molar-refractivity contribution < 1.29 is 14.3 Å². The second-order valence-corrected chi connectivity index (χ2v) is 6.24. The molecule has 0 bridgehead atoms. The molecule has 1 aromatic carbocycles. The number of ether oxygens (including phenoxy) is 2. The molecule has 0 saturated carbocycles. The second kappa shape index (κ2) is 8.75. The molecule has 128 valence electrons. The Kier molecular flexibility index (Phi) is 6.69. The van der Waals surface area contributed by atoms with Gasteiger partial charge in [0, 0.05) is 11.6 Å². The van der Waals surface area contributed by atoms with Crippen molar-refractivity contribution in [2.45, 2.75) is 25.2 Å². The van der Waals surface area contributed by atoms with Crippen molar-refractivity contribution in [3.63, 3.8) is 0 Å². The highest BCUT2D eigenvalue weighted by molar-refractivity contribution is 7.99. The van der Waals surface area contributed by atoms with Gasteiger partial charge in [0.1, 0.15) is 12.4 Å². The molecule has 1 aromatic heterocycles. The molecule has 0 saturated heterocycles. The maximum absolute atomic E-state index is 11.3. The van der Waals surface area contributed by atoms with Gasteiger partial charge in [-0.15, -0.1) is 16.8 Å². The number of carbonyl (C=O) groups excluding carboxylic acids is 1. The Labute approximate surface area is 149 Å². The largest absolute Gasteiger partial charge is 0.485 e. The Morgan fingerprint density at radius 3 is 2.92 bits per heavy atom. The van der Waals surface area contributed by atoms with Crippen LogP contribution in [0.25, 0.3) is 0 Å². The molecule has 24 heavy (non-hydrogen) atoms. The lowest BCUT2D eigenvalue weighted by Crippen LogP contribution is -2.09. The zero-order chi connectivity index (χ0) is 17.5. The highest BCUT2D eigenvalue weighted by atomic mass is 35.5. The first-order valence-electron chi connectivity index (χ1n) is 7.16. The van der Waals surface area contributed by atoms with Crippen molar-refractivity contribution in [1.29, 1.82) is 0 Å². The summed E-state index contributed by atoms with van der Waals surface area (Å²) in [5.74, 6) is 1.24. The first-order chi connectivity index (χ1) is 11.5. The number of aryl methyl sites for hydroxylation is 1. The third-order valence-electron chi connectivity index (χ3n) is 3.15. The normalized spacial score (nSPS) is 10.5. The fourth-order valence-corrected chi connectivity index (χ4v) is 2.97. The van der Waals surface area contributed by atoms with Gasteiger partial charge >= 0.3 is 5.97 Å². The van der Waals surface area contributed by atoms with Gasteiger partial charge in [-0.2, -0.15) is 0 Å². The SMILES string of the molecule is C=CCn1c(COc2ccc(Cl)cc2C)nnc1SCC(=O)OC. The fourth-order valence-electron chi connectivity index (χ4n) is 1.94. The zero-order valence-corrected chi connectivity index (χ0v) is 15.1. The molecule has 2 rings (SSSR count). The van der Waals surface area contributed by atoms with Gasteiger partial charge in [-0.1, -0.05) is 29.4 Å². The van der Waals surface area contributed by atoms with Crippen LogP contribution < -0.4 is 4.74 Å². The van der Waals surface area contributed by atoms with E-state index in [9.17, 15) is 4.79 Å². The van der Waals surface area contributed by atoms with Crippen LogP contribution in [0.3, 0.4) is 0 Å². The number of aromatic nitrogens is 3. The number of hydrogen-bond acceptors (Lipinski definition) is 6. The van der Waals surface area contributed by atoms with Gasteiger partial charge in [-0.25, -0.2) is 0 Å². The van der Waals surface area contributed by atoms with Crippen LogP contribution >= 0.6 is 23.4 Å². The summed E-state index contributed by atoms with van der Waals surface area (Å²) in [6.45, 7) is 6.44. The van der Waals surface area contributed by atoms with Crippen LogP contribution in [0.15, 0.2) is 36.0 Å². The van der Waals surface area contributed by atoms with Crippen molar-refractivity contribution in [1.82, 2.24) is 14.8 Å². The van der Waals surface area contributed by atoms with Crippen LogP contribution in [0.2, 0.25) is 5.02 Å². The van der Waals surface area contributed by atoms with Gasteiger partial charge in [-0.05, 0) is 30.7 Å². The summed E-state index contributed by atoms with van der Waals surface area (Å²) in [6.07, 6.45) is 1.74. The molecule has 0 atom stereocenters. The quantitative estimate of drug-likeness (QED) is 0.405. The van der Waals surface area contributed by atoms with E-state index < -0.39 is 0 Å². The minimum absolute atomic E-state index is 0.170. The number of rotatable bonds is 8. The van der Waals surface area contributed by atoms with Crippen LogP contribution in [-0.4, -0.2) is 33.6 Å². The number of halogens is 1. The predicted octanol–water partition coefficient (Wildman–Crippen LogP) is 3.27. The van der Waals surface area contributed by atoms with Crippen LogP contribution in [0, 0.1) is 6.92 Å². The maximum Gasteiger partial charge on any atom is 0.316 e. The van der Waals surface area contributed by atoms with Crippen molar-refractivity contribution in [3.8, 4) is 5.75 Å². The van der Waals surface area contributed by atoms with Crippen molar-refractivity contribution in [2.75, 3.05) is 12.9 Å². The van der Waals surface area contributed by atoms with Crippen LogP contribution in [0.1, 0.15) is 11.4 Å². The lowest BCUT2D eigenvalue weighted by molar-refractivity contribution is -0.137. The summed E-state index contributed by atoms with van der Waals surface area (Å²) < 4.78 is 12.3. The monoisotopic (exact) mass is 367 g/mol. The van der Waals surface area contributed by atoms with E-state index in [4.69, 9.17) is 16.3 Å². The average molecular weight is 368 g/mol. The topological polar surface area (TPSA) is 66.2 Å². The minimum Gasteiger partial charge on any atom is -0.485 e. The zero-order valence-electron chi connectivity index (χ0n) is 13.5. The first-order valence-corrected chi connectivity index (χ1v) is 8.53. The molecule has 0 aliphatic heterocycles. The smallest absolute Gasteiger partial charge is 0.316 e. The standard InChI is InChI=1S/C16H18ClN3O3S/c1-4-7-20-14(18-19-16(20)24-10-15(21)22-3)9-23-13-6-5-12(17)8-11(13)2/h4-6,8H,1,7,9-10H2,2-3H3. The number of methoxy groups -OCH3 is 1. The number of allylic oxidation sites excluding steroid dienone is 1. The molecular weight excluding hydrogens is 350 g/mol. The van der Waals surface area contributed by atoms with Gasteiger partial charge in [0.2, 0.25) is 0 Å². The number of benzene rings is 1. The Morgan fingerprint density at radius 1 is 1.46 bits per heavy atom. The van der Waals surface area contributed by atoms with E-state index >= 15 is 0 Å². The molecule has 0 unspecified atom stereocenters. The number of esters is 1. The van der Waals surface area contributed by atoms with Crippen LogP contribution in [-0.2, 0) is 22.7 Å². The minimum atomic E-state index is -0.317. The highest BCUT2D eigenvalue weighted by Crippen LogP contribution is 2.23. The van der Waals surface area contributed by atoms with Crippen molar-refractivity contribution in [3.05, 3.63) is 47.3 Å². The van der Waals surface area contributed by atoms with Gasteiger partial charge < -0.3 is 9.47 Å². The van der Waals surface area contributed by atoms with Crippen molar-refractivity contribution in [2.24, 2.45) is 0 Å². The Morgan fingerprint density at radius 2 is 2.25 bits per heavy atom. The molecule has 0 spiro atoms. The molecule has 0 fully saturated rings. The van der Waals surface area contributed by atoms with E-state index in [-0.39, 0.29) is 18.3 Å². The summed E-state index contributed by atoms with van der Waals surface area (Å²) >= 11 is 7.20. The summed E-state index contributed by atoms with van der Waals surface area (Å²) in [5.41, 5.74) is 0.942. The molecule has 2 aromatic rings. The third-order valence-corrected chi connectivity index (χ3v) is 4.32. The van der Waals surface area contributed by atoms with Crippen LogP contribution in [0.5, 0.6) is 5.75 Å². The van der Waals surface area contributed by atoms with E-state index in [0.29, 0.717) is 22.5 Å². The average Bonchev–Trinajstić information content (AvgIpc) is 2.94. The number of thioether (sulfide) groups is 1. The Bertz CT molecular complexity index is 733. The molecule has 0 N–H and O–H groups in total. The van der Waals surface area contributed by atoms with E-state index in [1.807, 2.05) is 23.6 Å². The van der Waals surface area contributed by atoms with Gasteiger partial charge in [0.05, 0.1) is 12.9 Å². The molecule has 0 amide bonds. The fraction of sp³-hybridized carbons (Fsp3) is 0.312. The van der Waals surface area contributed by atoms with E-state index in [0.717, 1.165) is 11.3 Å². The summed E-state index contributed by atoms with van der Waals surface area (Å²) in [5, 5.41) is 9.53. The van der Waals surface area contributed by atoms with Gasteiger partial charge in [0.15, 0.2) is 11.0 Å². The van der Waals surface area contributed by atoms with E-state index in [1.54, 1.807) is 12.1 Å². The molecule has 0 aliphatic rings. The lowest BCUT2D eigenvalue weighted by atomic mass is 10.2. The molecule has 0 radical (unpaired) electrons. The molecular formula is C16H18ClN3O3S. The van der Waals surface area contributed by atoms with E-state index in [1.165, 1.54) is 18.9 Å². The van der Waals surface area contributed by atoms with E-state index in [2.05, 4.69) is 21.5 Å². The summed E-state index contributed by atoms with van der Waals surface area (Å²) in [6, 6.07) is 5.43. The third kappa shape index (κ3) is 4.75. The van der Waals surface area contributed by atoms with Crippen molar-refractivity contribution >= 4 is 29.3 Å².